The summed E-state index contributed by atoms with van der Waals surface area (Å²) in [5, 5.41) is 2.92. The van der Waals surface area contributed by atoms with Gasteiger partial charge in [-0.3, -0.25) is 4.79 Å². The molecule has 3 rings (SSSR count). The van der Waals surface area contributed by atoms with Gasteiger partial charge in [-0.25, -0.2) is 0 Å². The first-order chi connectivity index (χ1) is 10.3. The van der Waals surface area contributed by atoms with Crippen LogP contribution >= 0.6 is 0 Å². The molecule has 0 saturated carbocycles. The van der Waals surface area contributed by atoms with Gasteiger partial charge in [-0.2, -0.15) is 0 Å². The van der Waals surface area contributed by atoms with Crippen molar-refractivity contribution in [2.24, 2.45) is 0 Å². The number of ether oxygens (including phenoxy) is 2. The van der Waals surface area contributed by atoms with Gasteiger partial charge in [0, 0.05) is 6.54 Å². The molecule has 0 fully saturated rings. The Morgan fingerprint density at radius 3 is 2.67 bits per heavy atom. The van der Waals surface area contributed by atoms with Gasteiger partial charge >= 0.3 is 0 Å². The second-order valence-corrected chi connectivity index (χ2v) is 4.82. The van der Waals surface area contributed by atoms with Crippen molar-refractivity contribution in [3.8, 4) is 11.5 Å². The van der Waals surface area contributed by atoms with Gasteiger partial charge in [-0.05, 0) is 24.1 Å². The minimum atomic E-state index is -0.131. The van der Waals surface area contributed by atoms with E-state index in [-0.39, 0.29) is 5.91 Å². The lowest BCUT2D eigenvalue weighted by molar-refractivity contribution is 0.0943. The third-order valence-corrected chi connectivity index (χ3v) is 3.35. The highest BCUT2D eigenvalue weighted by atomic mass is 16.6. The summed E-state index contributed by atoms with van der Waals surface area (Å²) in [4.78, 5) is 12.3. The van der Waals surface area contributed by atoms with E-state index in [0.717, 1.165) is 6.42 Å². The molecule has 0 bridgehead atoms. The third kappa shape index (κ3) is 3.16. The van der Waals surface area contributed by atoms with Crippen LogP contribution in [0.3, 0.4) is 0 Å². The lowest BCUT2D eigenvalue weighted by Gasteiger charge is -2.20. The molecule has 0 aromatic heterocycles. The molecule has 0 saturated heterocycles. The van der Waals surface area contributed by atoms with Crippen molar-refractivity contribution in [1.82, 2.24) is 5.32 Å². The Hall–Kier alpha value is -2.49. The number of nitrogens with one attached hydrogen (secondary N) is 1. The van der Waals surface area contributed by atoms with Crippen LogP contribution in [0.25, 0.3) is 0 Å². The van der Waals surface area contributed by atoms with Crippen LogP contribution in [-0.2, 0) is 6.42 Å². The lowest BCUT2D eigenvalue weighted by Crippen LogP contribution is -2.27. The second-order valence-electron chi connectivity index (χ2n) is 4.82. The third-order valence-electron chi connectivity index (χ3n) is 3.35. The van der Waals surface area contributed by atoms with Gasteiger partial charge in [0.05, 0.1) is 5.56 Å². The van der Waals surface area contributed by atoms with E-state index in [4.69, 9.17) is 9.47 Å². The summed E-state index contributed by atoms with van der Waals surface area (Å²) in [6, 6.07) is 15.4. The molecule has 2 aromatic rings. The molecule has 4 heteroatoms. The van der Waals surface area contributed by atoms with E-state index in [9.17, 15) is 4.79 Å². The van der Waals surface area contributed by atoms with Crippen LogP contribution in [0.4, 0.5) is 0 Å². The Balaban J connectivity index is 1.63. The Morgan fingerprint density at radius 1 is 1.00 bits per heavy atom. The van der Waals surface area contributed by atoms with E-state index < -0.39 is 0 Å². The zero-order valence-corrected chi connectivity index (χ0v) is 11.7. The predicted octanol–water partition coefficient (Wildman–Crippen LogP) is 2.43. The zero-order chi connectivity index (χ0) is 14.5. The quantitative estimate of drug-likeness (QED) is 0.937. The molecule has 108 valence electrons. The van der Waals surface area contributed by atoms with Gasteiger partial charge in [0.2, 0.25) is 0 Å². The van der Waals surface area contributed by atoms with Crippen molar-refractivity contribution in [3.63, 3.8) is 0 Å². The SMILES string of the molecule is O=C(NCCc1ccccc1)c1cccc2c1OCCO2. The molecule has 1 heterocycles. The maximum Gasteiger partial charge on any atom is 0.255 e. The monoisotopic (exact) mass is 283 g/mol. The van der Waals surface area contributed by atoms with Gasteiger partial charge in [0.15, 0.2) is 11.5 Å². The van der Waals surface area contributed by atoms with Crippen molar-refractivity contribution >= 4 is 5.91 Å². The maximum absolute atomic E-state index is 12.3. The zero-order valence-electron chi connectivity index (χ0n) is 11.7. The molecule has 0 radical (unpaired) electrons. The van der Waals surface area contributed by atoms with E-state index in [2.05, 4.69) is 5.32 Å². The molecule has 1 aliphatic heterocycles. The van der Waals surface area contributed by atoms with E-state index in [0.29, 0.717) is 36.8 Å². The van der Waals surface area contributed by atoms with Crippen LogP contribution in [0.2, 0.25) is 0 Å². The fourth-order valence-electron chi connectivity index (χ4n) is 2.31. The second kappa shape index (κ2) is 6.31. The van der Waals surface area contributed by atoms with Gasteiger partial charge < -0.3 is 14.8 Å². The number of amides is 1. The molecule has 0 unspecified atom stereocenters. The smallest absolute Gasteiger partial charge is 0.255 e. The van der Waals surface area contributed by atoms with E-state index in [1.165, 1.54) is 5.56 Å². The first-order valence-electron chi connectivity index (χ1n) is 7.05. The Morgan fingerprint density at radius 2 is 1.81 bits per heavy atom. The average molecular weight is 283 g/mol. The summed E-state index contributed by atoms with van der Waals surface area (Å²) in [5.41, 5.74) is 1.73. The van der Waals surface area contributed by atoms with Crippen molar-refractivity contribution in [3.05, 3.63) is 59.7 Å². The van der Waals surface area contributed by atoms with Crippen LogP contribution in [-0.4, -0.2) is 25.7 Å². The number of carbonyl (C=O) groups is 1. The molecule has 1 N–H and O–H groups in total. The summed E-state index contributed by atoms with van der Waals surface area (Å²) in [6.07, 6.45) is 0.805. The molecular weight excluding hydrogens is 266 g/mol. The largest absolute Gasteiger partial charge is 0.486 e. The van der Waals surface area contributed by atoms with Crippen LogP contribution in [0.15, 0.2) is 48.5 Å². The summed E-state index contributed by atoms with van der Waals surface area (Å²) in [5.74, 6) is 1.05. The highest BCUT2D eigenvalue weighted by Crippen LogP contribution is 2.33. The minimum Gasteiger partial charge on any atom is -0.486 e. The molecule has 0 atom stereocenters. The van der Waals surface area contributed by atoms with Crippen molar-refractivity contribution < 1.29 is 14.3 Å². The summed E-state index contributed by atoms with van der Waals surface area (Å²) in [6.45, 7) is 1.58. The Bertz CT molecular complexity index is 625. The van der Waals surface area contributed by atoms with E-state index in [1.54, 1.807) is 12.1 Å². The topological polar surface area (TPSA) is 47.6 Å². The van der Waals surface area contributed by atoms with Gasteiger partial charge in [0.1, 0.15) is 13.2 Å². The van der Waals surface area contributed by atoms with Crippen molar-refractivity contribution in [2.45, 2.75) is 6.42 Å². The van der Waals surface area contributed by atoms with Crippen molar-refractivity contribution in [1.29, 1.82) is 0 Å². The number of hydrogen-bond acceptors (Lipinski definition) is 3. The Labute approximate surface area is 123 Å². The molecule has 1 aliphatic rings. The highest BCUT2D eigenvalue weighted by Gasteiger charge is 2.19. The fourth-order valence-corrected chi connectivity index (χ4v) is 2.31. The molecule has 4 nitrogen and oxygen atoms in total. The van der Waals surface area contributed by atoms with Gasteiger partial charge in [0.25, 0.3) is 5.91 Å². The minimum absolute atomic E-state index is 0.131. The normalized spacial score (nSPS) is 12.8. The summed E-state index contributed by atoms with van der Waals surface area (Å²) < 4.78 is 11.0. The highest BCUT2D eigenvalue weighted by molar-refractivity contribution is 5.97. The number of fused-ring (bicyclic) bond motifs is 1. The summed E-state index contributed by atoms with van der Waals surface area (Å²) >= 11 is 0. The van der Waals surface area contributed by atoms with Crippen molar-refractivity contribution in [2.75, 3.05) is 19.8 Å². The molecular formula is C17H17NO3. The lowest BCUT2D eigenvalue weighted by atomic mass is 10.1. The average Bonchev–Trinajstić information content (AvgIpc) is 2.55. The van der Waals surface area contributed by atoms with E-state index >= 15 is 0 Å². The van der Waals surface area contributed by atoms with Gasteiger partial charge in [-0.1, -0.05) is 36.4 Å². The van der Waals surface area contributed by atoms with Crippen LogP contribution in [0, 0.1) is 0 Å². The van der Waals surface area contributed by atoms with E-state index in [1.807, 2.05) is 36.4 Å². The molecule has 0 spiro atoms. The van der Waals surface area contributed by atoms with Gasteiger partial charge in [-0.15, -0.1) is 0 Å². The molecule has 0 aliphatic carbocycles. The fraction of sp³-hybridized carbons (Fsp3) is 0.235. The number of hydrogen-bond donors (Lipinski definition) is 1. The molecule has 1 amide bonds. The first kappa shape index (κ1) is 13.5. The van der Waals surface area contributed by atoms with Crippen LogP contribution in [0.5, 0.6) is 11.5 Å². The maximum atomic E-state index is 12.3. The predicted molar refractivity (Wildman–Crippen MR) is 79.9 cm³/mol. The number of para-hydroxylation sites is 1. The van der Waals surface area contributed by atoms with Crippen LogP contribution < -0.4 is 14.8 Å². The molecule has 2 aromatic carbocycles. The first-order valence-corrected chi connectivity index (χ1v) is 7.05. The number of rotatable bonds is 4. The summed E-state index contributed by atoms with van der Waals surface area (Å²) in [7, 11) is 0. The molecule has 21 heavy (non-hydrogen) atoms. The standard InChI is InChI=1S/C17H17NO3/c19-17(18-10-9-13-5-2-1-3-6-13)14-7-4-8-15-16(14)21-12-11-20-15/h1-8H,9-12H2,(H,18,19). The number of benzene rings is 2. The number of carbonyl (C=O) groups excluding carboxylic acids is 1. The Kier molecular flexibility index (Phi) is 4.05. The van der Waals surface area contributed by atoms with Crippen LogP contribution in [0.1, 0.15) is 15.9 Å².